The molecule has 0 saturated carbocycles. The number of hydrogen-bond acceptors (Lipinski definition) is 5. The Hall–Kier alpha value is -3.03. The first-order valence-corrected chi connectivity index (χ1v) is 10.2. The van der Waals surface area contributed by atoms with Crippen LogP contribution in [0.1, 0.15) is 29.5 Å². The zero-order valence-corrected chi connectivity index (χ0v) is 18.0. The fourth-order valence-corrected chi connectivity index (χ4v) is 3.57. The minimum Gasteiger partial charge on any atom is -0.491 e. The molecule has 2 atom stereocenters. The zero-order chi connectivity index (χ0) is 22.5. The predicted molar refractivity (Wildman–Crippen MR) is 116 cm³/mol. The molecule has 0 spiro atoms. The molecular weight excluding hydrogens is 443 g/mol. The van der Waals surface area contributed by atoms with Gasteiger partial charge in [0.2, 0.25) is 5.76 Å². The largest absolute Gasteiger partial charge is 0.491 e. The second-order valence-electron chi connectivity index (χ2n) is 7.22. The number of carbonyl (C=O) groups is 2. The van der Waals surface area contributed by atoms with Crippen LogP contribution in [0.2, 0.25) is 10.0 Å². The molecule has 3 N–H and O–H groups in total. The number of carboxylic acids is 1. The molecule has 0 aliphatic heterocycles. The lowest BCUT2D eigenvalue weighted by molar-refractivity contribution is -0.141. The summed E-state index contributed by atoms with van der Waals surface area (Å²) >= 11 is 12.3. The summed E-state index contributed by atoms with van der Waals surface area (Å²) < 4.78 is 4.76. The maximum Gasteiger partial charge on any atom is 0.306 e. The summed E-state index contributed by atoms with van der Waals surface area (Å²) in [4.78, 5) is 23.7. The summed E-state index contributed by atoms with van der Waals surface area (Å²) in [6, 6.07) is 13.4. The summed E-state index contributed by atoms with van der Waals surface area (Å²) in [6.07, 6.45) is 0.607. The van der Waals surface area contributed by atoms with Gasteiger partial charge in [0.1, 0.15) is 0 Å². The SMILES string of the molecule is C[C@H](CC(Cc1ccc(-c2cc(Cl)ccc2Cl)cc1)NC(=O)c1cc(O)no1)C(=O)O. The third kappa shape index (κ3) is 5.99. The van der Waals surface area contributed by atoms with Crippen molar-refractivity contribution in [3.63, 3.8) is 0 Å². The van der Waals surface area contributed by atoms with E-state index in [9.17, 15) is 19.8 Å². The number of nitrogens with zero attached hydrogens (tertiary/aromatic N) is 1. The van der Waals surface area contributed by atoms with Crippen molar-refractivity contribution in [2.45, 2.75) is 25.8 Å². The van der Waals surface area contributed by atoms with Gasteiger partial charge < -0.3 is 20.1 Å². The lowest BCUT2D eigenvalue weighted by Crippen LogP contribution is -2.38. The molecule has 1 amide bonds. The molecule has 31 heavy (non-hydrogen) atoms. The normalized spacial score (nSPS) is 12.9. The van der Waals surface area contributed by atoms with E-state index >= 15 is 0 Å². The van der Waals surface area contributed by atoms with Crippen molar-refractivity contribution in [1.29, 1.82) is 0 Å². The minimum absolute atomic E-state index is 0.156. The van der Waals surface area contributed by atoms with Crippen LogP contribution in [0.15, 0.2) is 53.1 Å². The van der Waals surface area contributed by atoms with Gasteiger partial charge >= 0.3 is 5.97 Å². The second kappa shape index (κ2) is 9.85. The van der Waals surface area contributed by atoms with E-state index in [1.54, 1.807) is 25.1 Å². The van der Waals surface area contributed by atoms with Crippen molar-refractivity contribution >= 4 is 35.1 Å². The van der Waals surface area contributed by atoms with Gasteiger partial charge in [0.25, 0.3) is 11.8 Å². The molecule has 0 saturated heterocycles. The number of aromatic hydroxyl groups is 1. The fraction of sp³-hybridized carbons (Fsp3) is 0.227. The van der Waals surface area contributed by atoms with E-state index < -0.39 is 29.7 Å². The lowest BCUT2D eigenvalue weighted by Gasteiger charge is -2.20. The van der Waals surface area contributed by atoms with E-state index in [4.69, 9.17) is 27.7 Å². The molecule has 0 radical (unpaired) electrons. The molecule has 0 bridgehead atoms. The van der Waals surface area contributed by atoms with Gasteiger partial charge in [-0.25, -0.2) is 0 Å². The van der Waals surface area contributed by atoms with E-state index in [0.717, 1.165) is 22.8 Å². The van der Waals surface area contributed by atoms with E-state index in [-0.39, 0.29) is 12.2 Å². The molecular formula is C22H20Cl2N2O5. The van der Waals surface area contributed by atoms with Crippen LogP contribution in [0.4, 0.5) is 0 Å². The maximum absolute atomic E-state index is 12.4. The number of aromatic nitrogens is 1. The Bertz CT molecular complexity index is 1080. The van der Waals surface area contributed by atoms with E-state index in [1.807, 2.05) is 24.3 Å². The molecule has 162 valence electrons. The highest BCUT2D eigenvalue weighted by Crippen LogP contribution is 2.31. The predicted octanol–water partition coefficient (Wildman–Crippen LogP) is 4.81. The van der Waals surface area contributed by atoms with Crippen molar-refractivity contribution in [3.8, 4) is 17.0 Å². The second-order valence-corrected chi connectivity index (χ2v) is 8.06. The standard InChI is InChI=1S/C22H20Cl2N2O5/c1-12(22(29)30)8-16(25-21(28)19-11-20(27)26-31-19)9-13-2-4-14(5-3-13)17-10-15(23)6-7-18(17)24/h2-7,10-12,16H,8-9H2,1H3,(H,25,28)(H,26,27)(H,29,30)/t12-,16?/m1/s1. The smallest absolute Gasteiger partial charge is 0.306 e. The van der Waals surface area contributed by atoms with Crippen LogP contribution in [0.3, 0.4) is 0 Å². The van der Waals surface area contributed by atoms with Crippen LogP contribution >= 0.6 is 23.2 Å². The molecule has 7 nitrogen and oxygen atoms in total. The first kappa shape index (κ1) is 22.7. The Balaban J connectivity index is 1.77. The van der Waals surface area contributed by atoms with Crippen LogP contribution in [0, 0.1) is 5.92 Å². The lowest BCUT2D eigenvalue weighted by atomic mass is 9.95. The highest BCUT2D eigenvalue weighted by Gasteiger charge is 2.23. The fourth-order valence-electron chi connectivity index (χ4n) is 3.17. The summed E-state index contributed by atoms with van der Waals surface area (Å²) in [7, 11) is 0. The van der Waals surface area contributed by atoms with Crippen LogP contribution in [-0.4, -0.2) is 33.3 Å². The highest BCUT2D eigenvalue weighted by atomic mass is 35.5. The Morgan fingerprint density at radius 3 is 2.45 bits per heavy atom. The molecule has 1 unspecified atom stereocenters. The Morgan fingerprint density at radius 1 is 1.13 bits per heavy atom. The molecule has 0 fully saturated rings. The Morgan fingerprint density at radius 2 is 1.84 bits per heavy atom. The van der Waals surface area contributed by atoms with Gasteiger partial charge in [-0.1, -0.05) is 54.4 Å². The molecule has 1 heterocycles. The van der Waals surface area contributed by atoms with Gasteiger partial charge in [-0.05, 0) is 47.3 Å². The number of halogens is 2. The van der Waals surface area contributed by atoms with Crippen molar-refractivity contribution in [2.24, 2.45) is 5.92 Å². The molecule has 0 aliphatic rings. The quantitative estimate of drug-likeness (QED) is 0.442. The van der Waals surface area contributed by atoms with Crippen LogP contribution in [-0.2, 0) is 11.2 Å². The topological polar surface area (TPSA) is 113 Å². The number of nitrogens with one attached hydrogen (secondary N) is 1. The van der Waals surface area contributed by atoms with Crippen molar-refractivity contribution in [3.05, 3.63) is 69.9 Å². The first-order chi connectivity index (χ1) is 14.7. The van der Waals surface area contributed by atoms with Gasteiger partial charge in [0.05, 0.1) is 12.0 Å². The van der Waals surface area contributed by atoms with Crippen LogP contribution in [0.5, 0.6) is 5.88 Å². The number of amides is 1. The van der Waals surface area contributed by atoms with Gasteiger partial charge in [0.15, 0.2) is 0 Å². The number of aliphatic carboxylic acids is 1. The Labute approximate surface area is 188 Å². The number of rotatable bonds is 8. The average molecular weight is 463 g/mol. The highest BCUT2D eigenvalue weighted by molar-refractivity contribution is 6.35. The van der Waals surface area contributed by atoms with E-state index in [2.05, 4.69) is 10.5 Å². The van der Waals surface area contributed by atoms with Gasteiger partial charge in [-0.3, -0.25) is 9.59 Å². The minimum atomic E-state index is -0.956. The summed E-state index contributed by atoms with van der Waals surface area (Å²) in [6.45, 7) is 1.58. The van der Waals surface area contributed by atoms with Crippen LogP contribution < -0.4 is 5.32 Å². The van der Waals surface area contributed by atoms with Crippen LogP contribution in [0.25, 0.3) is 11.1 Å². The summed E-state index contributed by atoms with van der Waals surface area (Å²) in [5.41, 5.74) is 2.58. The number of benzene rings is 2. The number of hydrogen-bond donors (Lipinski definition) is 3. The third-order valence-corrected chi connectivity index (χ3v) is 5.36. The van der Waals surface area contributed by atoms with Crippen molar-refractivity contribution < 1.29 is 24.3 Å². The monoisotopic (exact) mass is 462 g/mol. The molecule has 0 aliphatic carbocycles. The van der Waals surface area contributed by atoms with Gasteiger partial charge in [0, 0.05) is 21.7 Å². The average Bonchev–Trinajstić information content (AvgIpc) is 3.17. The van der Waals surface area contributed by atoms with Gasteiger partial charge in [-0.2, -0.15) is 0 Å². The molecule has 2 aromatic carbocycles. The first-order valence-electron chi connectivity index (χ1n) is 9.46. The zero-order valence-electron chi connectivity index (χ0n) is 16.5. The third-order valence-electron chi connectivity index (χ3n) is 4.79. The maximum atomic E-state index is 12.4. The molecule has 3 rings (SSSR count). The summed E-state index contributed by atoms with van der Waals surface area (Å²) in [5.74, 6) is -2.77. The molecule has 3 aromatic rings. The van der Waals surface area contributed by atoms with E-state index in [0.29, 0.717) is 16.5 Å². The number of carbonyl (C=O) groups excluding carboxylic acids is 1. The van der Waals surface area contributed by atoms with Crippen molar-refractivity contribution in [1.82, 2.24) is 10.5 Å². The Kier molecular flexibility index (Phi) is 7.20. The van der Waals surface area contributed by atoms with Gasteiger partial charge in [-0.15, -0.1) is 0 Å². The molecule has 1 aromatic heterocycles. The van der Waals surface area contributed by atoms with Crippen molar-refractivity contribution in [2.75, 3.05) is 0 Å². The summed E-state index contributed by atoms with van der Waals surface area (Å²) in [5, 5.41) is 25.7. The molecule has 9 heteroatoms. The van der Waals surface area contributed by atoms with E-state index in [1.165, 1.54) is 0 Å². The number of carboxylic acid groups (broad SMARTS) is 1.